The quantitative estimate of drug-likeness (QED) is 0.487. The number of ether oxygens (including phenoxy) is 1. The van der Waals surface area contributed by atoms with Crippen molar-refractivity contribution in [3.8, 4) is 0 Å². The molecule has 6 heteroatoms. The maximum absolute atomic E-state index is 11.6. The minimum atomic E-state index is -0.497. The van der Waals surface area contributed by atoms with Gasteiger partial charge in [0.05, 0.1) is 0 Å². The second kappa shape index (κ2) is 8.20. The van der Waals surface area contributed by atoms with E-state index >= 15 is 0 Å². The third kappa shape index (κ3) is 8.05. The molecule has 1 aromatic rings. The Morgan fingerprint density at radius 3 is 2.68 bits per heavy atom. The molecule has 0 bridgehead atoms. The molecule has 0 aliphatic rings. The molecule has 0 heterocycles. The number of amidine groups is 1. The van der Waals surface area contributed by atoms with Crippen molar-refractivity contribution in [2.75, 3.05) is 11.9 Å². The average molecular weight is 369 g/mol. The minimum absolute atomic E-state index is 0.113. The van der Waals surface area contributed by atoms with Crippen molar-refractivity contribution in [1.82, 2.24) is 5.32 Å². The molecule has 0 aromatic heterocycles. The summed E-state index contributed by atoms with van der Waals surface area (Å²) in [5.74, 6) is 0. The van der Waals surface area contributed by atoms with Gasteiger partial charge in [0.25, 0.3) is 0 Å². The molecule has 5 nitrogen and oxygen atoms in total. The number of alkyl carbamates (subject to hydrolysis) is 1. The number of amides is 1. The summed E-state index contributed by atoms with van der Waals surface area (Å²) in [6.45, 7) is 9.88. The molecule has 0 saturated heterocycles. The van der Waals surface area contributed by atoms with Crippen molar-refractivity contribution < 1.29 is 9.53 Å². The number of nitrogens with one attached hydrogen (secondary N) is 2. The fourth-order valence-corrected chi connectivity index (χ4v) is 2.06. The Morgan fingerprint density at radius 1 is 1.41 bits per heavy atom. The van der Waals surface area contributed by atoms with Crippen LogP contribution in [0.2, 0.25) is 0 Å². The third-order valence-electron chi connectivity index (χ3n) is 2.54. The zero-order valence-electron chi connectivity index (χ0n) is 13.8. The van der Waals surface area contributed by atoms with Crippen LogP contribution in [-0.4, -0.2) is 45.0 Å². The van der Waals surface area contributed by atoms with E-state index in [9.17, 15) is 4.79 Å². The van der Waals surface area contributed by atoms with Gasteiger partial charge in [0.2, 0.25) is 0 Å². The van der Waals surface area contributed by atoms with E-state index in [0.717, 1.165) is 5.69 Å². The first-order valence-electron chi connectivity index (χ1n) is 7.20. The first kappa shape index (κ1) is 18.5. The molecule has 0 saturated carbocycles. The van der Waals surface area contributed by atoms with Gasteiger partial charge >= 0.3 is 140 Å². The van der Waals surface area contributed by atoms with Crippen molar-refractivity contribution in [3.05, 3.63) is 29.8 Å². The van der Waals surface area contributed by atoms with E-state index < -0.39 is 11.7 Å². The van der Waals surface area contributed by atoms with Gasteiger partial charge in [-0.3, -0.25) is 0 Å². The second-order valence-corrected chi connectivity index (χ2v) is 7.00. The standard InChI is InChI=1S/C16H24N3O2Se/c1-11-7-6-8-13(9-11)19-14(22)17-10-12(2)18-15(20)21-16(3,4)5/h6-9,12H,10H2,1-5H3,(H,17,19)(H,18,20). The Kier molecular flexibility index (Phi) is 6.91. The summed E-state index contributed by atoms with van der Waals surface area (Å²) >= 11 is 2.89. The zero-order valence-corrected chi connectivity index (χ0v) is 15.5. The summed E-state index contributed by atoms with van der Waals surface area (Å²) in [5, 5.41) is 5.93. The van der Waals surface area contributed by atoms with Crippen LogP contribution in [0.25, 0.3) is 0 Å². The Morgan fingerprint density at radius 2 is 2.09 bits per heavy atom. The summed E-state index contributed by atoms with van der Waals surface area (Å²) < 4.78 is 5.89. The van der Waals surface area contributed by atoms with Crippen LogP contribution in [0, 0.1) is 6.92 Å². The Labute approximate surface area is 140 Å². The van der Waals surface area contributed by atoms with Gasteiger partial charge in [-0.15, -0.1) is 0 Å². The number of benzene rings is 1. The van der Waals surface area contributed by atoms with Crippen molar-refractivity contribution in [2.24, 2.45) is 4.99 Å². The number of nitrogens with zero attached hydrogens (tertiary/aromatic N) is 1. The molecule has 1 atom stereocenters. The molecular weight excluding hydrogens is 345 g/mol. The van der Waals surface area contributed by atoms with Crippen LogP contribution in [0.1, 0.15) is 33.3 Å². The van der Waals surface area contributed by atoms with E-state index in [1.807, 2.05) is 58.9 Å². The topological polar surface area (TPSA) is 62.7 Å². The predicted octanol–water partition coefficient (Wildman–Crippen LogP) is 2.84. The average Bonchev–Trinajstić information content (AvgIpc) is 2.34. The number of aryl methyl sites for hydroxylation is 1. The molecule has 121 valence electrons. The molecule has 0 spiro atoms. The van der Waals surface area contributed by atoms with Crippen LogP contribution in [0.3, 0.4) is 0 Å². The zero-order chi connectivity index (χ0) is 16.8. The monoisotopic (exact) mass is 370 g/mol. The number of carbonyl (C=O) groups excluding carboxylic acids is 1. The van der Waals surface area contributed by atoms with Gasteiger partial charge in [-0.05, 0) is 0 Å². The fraction of sp³-hybridized carbons (Fsp3) is 0.500. The summed E-state index contributed by atoms with van der Waals surface area (Å²) in [6.07, 6.45) is -0.427. The first-order chi connectivity index (χ1) is 10.2. The van der Waals surface area contributed by atoms with Gasteiger partial charge in [0.15, 0.2) is 0 Å². The number of rotatable bonds is 4. The summed E-state index contributed by atoms with van der Waals surface area (Å²) in [4.78, 5) is 16.0. The summed E-state index contributed by atoms with van der Waals surface area (Å²) in [5.41, 5.74) is 1.66. The maximum atomic E-state index is 11.6. The van der Waals surface area contributed by atoms with Crippen molar-refractivity contribution >= 4 is 32.5 Å². The van der Waals surface area contributed by atoms with Crippen LogP contribution in [0.15, 0.2) is 29.3 Å². The van der Waals surface area contributed by atoms with Gasteiger partial charge < -0.3 is 0 Å². The van der Waals surface area contributed by atoms with Crippen LogP contribution in [-0.2, 0) is 4.74 Å². The van der Waals surface area contributed by atoms with Gasteiger partial charge in [0, 0.05) is 0 Å². The van der Waals surface area contributed by atoms with Crippen LogP contribution in [0.5, 0.6) is 0 Å². The van der Waals surface area contributed by atoms with Gasteiger partial charge in [-0.2, -0.15) is 0 Å². The van der Waals surface area contributed by atoms with Gasteiger partial charge in [-0.1, -0.05) is 0 Å². The SMILES string of the molecule is Cc1cccc(NC([Se])=NCC(C)NC(=O)OC(C)(C)C)c1. The Hall–Kier alpha value is -1.52. The molecule has 1 amide bonds. The fourth-order valence-electron chi connectivity index (χ4n) is 1.66. The number of aliphatic imine (C=N–C) groups is 1. The van der Waals surface area contributed by atoms with E-state index in [1.165, 1.54) is 5.56 Å². The molecule has 0 aliphatic carbocycles. The molecule has 1 radical (unpaired) electrons. The van der Waals surface area contributed by atoms with Gasteiger partial charge in [-0.25, -0.2) is 0 Å². The van der Waals surface area contributed by atoms with Crippen LogP contribution in [0.4, 0.5) is 10.5 Å². The second-order valence-electron chi connectivity index (χ2n) is 6.19. The van der Waals surface area contributed by atoms with Crippen LogP contribution < -0.4 is 10.6 Å². The molecule has 1 aromatic carbocycles. The van der Waals surface area contributed by atoms with Gasteiger partial charge in [0.1, 0.15) is 0 Å². The number of hydrogen-bond acceptors (Lipinski definition) is 3. The Balaban J connectivity index is 2.44. The molecule has 2 N–H and O–H groups in total. The normalized spacial score (nSPS) is 13.4. The molecule has 0 aliphatic heterocycles. The molecule has 1 rings (SSSR count). The molecule has 22 heavy (non-hydrogen) atoms. The summed E-state index contributed by atoms with van der Waals surface area (Å²) in [6, 6.07) is 7.92. The third-order valence-corrected chi connectivity index (χ3v) is 3.03. The predicted molar refractivity (Wildman–Crippen MR) is 91.7 cm³/mol. The van der Waals surface area contributed by atoms with E-state index in [1.54, 1.807) is 0 Å². The number of anilines is 1. The molecule has 1 unspecified atom stereocenters. The van der Waals surface area contributed by atoms with E-state index in [-0.39, 0.29) is 6.04 Å². The Bertz CT molecular complexity index is 538. The molecular formula is C16H24N3O2Se. The summed E-state index contributed by atoms with van der Waals surface area (Å²) in [7, 11) is 0. The van der Waals surface area contributed by atoms with Crippen LogP contribution >= 0.6 is 0 Å². The van der Waals surface area contributed by atoms with Crippen molar-refractivity contribution in [2.45, 2.75) is 46.3 Å². The van der Waals surface area contributed by atoms with Crippen molar-refractivity contribution in [3.63, 3.8) is 0 Å². The first-order valence-corrected chi connectivity index (χ1v) is 8.06. The van der Waals surface area contributed by atoms with Crippen molar-refractivity contribution in [1.29, 1.82) is 0 Å². The molecule has 0 fully saturated rings. The van der Waals surface area contributed by atoms with E-state index in [4.69, 9.17) is 4.74 Å². The number of carbonyl (C=O) groups is 1. The van der Waals surface area contributed by atoms with E-state index in [2.05, 4.69) is 31.6 Å². The van der Waals surface area contributed by atoms with E-state index in [0.29, 0.717) is 11.3 Å². The number of hydrogen-bond donors (Lipinski definition) is 2.